The highest BCUT2D eigenvalue weighted by Crippen LogP contribution is 2.30. The Morgan fingerprint density at radius 3 is 2.69 bits per heavy atom. The van der Waals surface area contributed by atoms with Crippen LogP contribution in [-0.2, 0) is 11.2 Å². The molecule has 3 aliphatic rings. The van der Waals surface area contributed by atoms with Gasteiger partial charge in [-0.3, -0.25) is 4.79 Å². The molecule has 2 fully saturated rings. The number of hydrogen-bond donors (Lipinski definition) is 3. The molecule has 2 N–H and O–H groups in total. The Morgan fingerprint density at radius 1 is 1.17 bits per heavy atom. The molecule has 0 saturated carbocycles. The maximum atomic E-state index is 12.6. The molecule has 1 amide bonds. The van der Waals surface area contributed by atoms with E-state index in [9.17, 15) is 4.79 Å². The third kappa shape index (κ3) is 6.37. The maximum absolute atomic E-state index is 12.6. The fraction of sp³-hybridized carbons (Fsp3) is 0.696. The molecule has 0 bridgehead atoms. The second kappa shape index (κ2) is 11.8. The van der Waals surface area contributed by atoms with Crippen LogP contribution in [0, 0.1) is 11.8 Å². The minimum absolute atomic E-state index is 0.0814. The highest BCUT2D eigenvalue weighted by molar-refractivity contribution is 7.79. The molecule has 6 heteroatoms. The number of fused-ring (bicyclic) bond motifs is 1. The van der Waals surface area contributed by atoms with Crippen molar-refractivity contribution in [3.05, 3.63) is 29.3 Å². The van der Waals surface area contributed by atoms with Gasteiger partial charge in [0.15, 0.2) is 0 Å². The molecular weight excluding hydrogens is 382 g/mol. The number of ether oxygens (including phenoxy) is 1. The van der Waals surface area contributed by atoms with E-state index in [1.807, 2.05) is 6.07 Å². The van der Waals surface area contributed by atoms with Crippen LogP contribution in [0.15, 0.2) is 18.2 Å². The molecule has 0 spiro atoms. The maximum Gasteiger partial charge on any atom is 0.251 e. The number of anilines is 1. The van der Waals surface area contributed by atoms with Gasteiger partial charge in [0, 0.05) is 44.1 Å². The smallest absolute Gasteiger partial charge is 0.251 e. The SMILES string of the molecule is CS.O=C(NCC1CCNCC1)c1ccc2c(c1)CCCN2CC1CCOCC1. The van der Waals surface area contributed by atoms with Gasteiger partial charge >= 0.3 is 0 Å². The number of carbonyl (C=O) groups is 1. The van der Waals surface area contributed by atoms with E-state index in [1.54, 1.807) is 6.26 Å². The average molecular weight is 420 g/mol. The highest BCUT2D eigenvalue weighted by Gasteiger charge is 2.23. The fourth-order valence-corrected chi connectivity index (χ4v) is 4.67. The second-order valence-electron chi connectivity index (χ2n) is 8.35. The molecule has 3 aliphatic heterocycles. The van der Waals surface area contributed by atoms with Gasteiger partial charge in [-0.25, -0.2) is 0 Å². The predicted molar refractivity (Wildman–Crippen MR) is 123 cm³/mol. The number of benzene rings is 1. The van der Waals surface area contributed by atoms with E-state index in [0.717, 1.165) is 76.7 Å². The van der Waals surface area contributed by atoms with Crippen molar-refractivity contribution in [2.45, 2.75) is 38.5 Å². The first-order chi connectivity index (χ1) is 14.3. The number of nitrogens with zero attached hydrogens (tertiary/aromatic N) is 1. The van der Waals surface area contributed by atoms with Crippen LogP contribution in [0.1, 0.15) is 48.0 Å². The van der Waals surface area contributed by atoms with Crippen LogP contribution in [-0.4, -0.2) is 58.1 Å². The van der Waals surface area contributed by atoms with Gasteiger partial charge in [-0.2, -0.15) is 12.6 Å². The number of amides is 1. The molecule has 1 aromatic carbocycles. The quantitative estimate of drug-likeness (QED) is 0.642. The van der Waals surface area contributed by atoms with Crippen molar-refractivity contribution in [3.63, 3.8) is 0 Å². The Kier molecular flexibility index (Phi) is 9.15. The van der Waals surface area contributed by atoms with Crippen molar-refractivity contribution in [2.24, 2.45) is 11.8 Å². The van der Waals surface area contributed by atoms with Crippen molar-refractivity contribution in [1.29, 1.82) is 0 Å². The van der Waals surface area contributed by atoms with Crippen molar-refractivity contribution in [1.82, 2.24) is 10.6 Å². The molecule has 1 aromatic rings. The van der Waals surface area contributed by atoms with Gasteiger partial charge in [0.2, 0.25) is 0 Å². The van der Waals surface area contributed by atoms with Crippen LogP contribution in [0.5, 0.6) is 0 Å². The minimum Gasteiger partial charge on any atom is -0.381 e. The molecule has 0 atom stereocenters. The standard InChI is InChI=1S/C22H33N3O2.CH4S/c26-22(24-15-17-5-9-23-10-6-17)20-3-4-21-19(14-20)2-1-11-25(21)16-18-7-12-27-13-8-18;1-2/h3-4,14,17-18,23H,1-2,5-13,15-16H2,(H,24,26);2H,1H3. The van der Waals surface area contributed by atoms with Gasteiger partial charge in [-0.15, -0.1) is 0 Å². The zero-order valence-electron chi connectivity index (χ0n) is 17.8. The average Bonchev–Trinajstić information content (AvgIpc) is 2.80. The molecule has 4 rings (SSSR count). The number of carbonyl (C=O) groups excluding carboxylic acids is 1. The van der Waals surface area contributed by atoms with E-state index in [-0.39, 0.29) is 5.91 Å². The number of nitrogens with one attached hydrogen (secondary N) is 2. The first-order valence-electron chi connectivity index (χ1n) is 11.2. The summed E-state index contributed by atoms with van der Waals surface area (Å²) < 4.78 is 5.50. The lowest BCUT2D eigenvalue weighted by molar-refractivity contribution is 0.0681. The third-order valence-corrected chi connectivity index (χ3v) is 6.39. The van der Waals surface area contributed by atoms with Gasteiger partial charge in [0.05, 0.1) is 0 Å². The minimum atomic E-state index is 0.0814. The molecule has 162 valence electrons. The molecule has 5 nitrogen and oxygen atoms in total. The van der Waals surface area contributed by atoms with Gasteiger partial charge in [-0.05, 0) is 93.5 Å². The van der Waals surface area contributed by atoms with Crippen LogP contribution in [0.3, 0.4) is 0 Å². The Morgan fingerprint density at radius 2 is 1.93 bits per heavy atom. The number of thiol groups is 1. The summed E-state index contributed by atoms with van der Waals surface area (Å²) in [4.78, 5) is 15.2. The first-order valence-corrected chi connectivity index (χ1v) is 12.1. The van der Waals surface area contributed by atoms with Crippen LogP contribution in [0.2, 0.25) is 0 Å². The van der Waals surface area contributed by atoms with Gasteiger partial charge in [0.1, 0.15) is 0 Å². The Labute approximate surface area is 181 Å². The number of piperidine rings is 1. The predicted octanol–water partition coefficient (Wildman–Crippen LogP) is 3.14. The lowest BCUT2D eigenvalue weighted by atomic mass is 9.95. The summed E-state index contributed by atoms with van der Waals surface area (Å²) >= 11 is 3.53. The van der Waals surface area contributed by atoms with E-state index >= 15 is 0 Å². The fourth-order valence-electron chi connectivity index (χ4n) is 4.67. The Balaban J connectivity index is 0.00000117. The lowest BCUT2D eigenvalue weighted by Gasteiger charge is -2.35. The van der Waals surface area contributed by atoms with Crippen LogP contribution < -0.4 is 15.5 Å². The van der Waals surface area contributed by atoms with Crippen molar-refractivity contribution in [2.75, 3.05) is 57.1 Å². The molecule has 0 aliphatic carbocycles. The van der Waals surface area contributed by atoms with Gasteiger partial charge < -0.3 is 20.3 Å². The number of hydrogen-bond acceptors (Lipinski definition) is 5. The topological polar surface area (TPSA) is 53.6 Å². The summed E-state index contributed by atoms with van der Waals surface area (Å²) in [5.41, 5.74) is 3.49. The van der Waals surface area contributed by atoms with Crippen LogP contribution in [0.4, 0.5) is 5.69 Å². The Bertz CT molecular complexity index is 643. The number of rotatable bonds is 5. The first kappa shape index (κ1) is 22.4. The molecule has 29 heavy (non-hydrogen) atoms. The highest BCUT2D eigenvalue weighted by atomic mass is 32.1. The summed E-state index contributed by atoms with van der Waals surface area (Å²) in [6.45, 7) is 7.00. The molecule has 0 aromatic heterocycles. The van der Waals surface area contributed by atoms with E-state index < -0.39 is 0 Å². The summed E-state index contributed by atoms with van der Waals surface area (Å²) in [5, 5.41) is 6.54. The number of aryl methyl sites for hydroxylation is 1. The summed E-state index contributed by atoms with van der Waals surface area (Å²) in [6, 6.07) is 6.31. The summed E-state index contributed by atoms with van der Waals surface area (Å²) in [6.07, 6.45) is 8.61. The van der Waals surface area contributed by atoms with Gasteiger partial charge in [0.25, 0.3) is 5.91 Å². The summed E-state index contributed by atoms with van der Waals surface area (Å²) in [5.74, 6) is 1.43. The molecule has 2 saturated heterocycles. The largest absolute Gasteiger partial charge is 0.381 e. The van der Waals surface area contributed by atoms with E-state index in [0.29, 0.717) is 5.92 Å². The monoisotopic (exact) mass is 419 g/mol. The van der Waals surface area contributed by atoms with Crippen LogP contribution >= 0.6 is 12.6 Å². The van der Waals surface area contributed by atoms with E-state index in [1.165, 1.54) is 30.5 Å². The summed E-state index contributed by atoms with van der Waals surface area (Å²) in [7, 11) is 0. The zero-order chi connectivity index (χ0) is 20.5. The van der Waals surface area contributed by atoms with Crippen molar-refractivity contribution < 1.29 is 9.53 Å². The zero-order valence-corrected chi connectivity index (χ0v) is 18.7. The normalized spacial score (nSPS) is 20.4. The molecular formula is C23H37N3O2S. The second-order valence-corrected chi connectivity index (χ2v) is 8.35. The molecule has 0 radical (unpaired) electrons. The van der Waals surface area contributed by atoms with Crippen molar-refractivity contribution in [3.8, 4) is 0 Å². The Hall–Kier alpha value is -1.24. The third-order valence-electron chi connectivity index (χ3n) is 6.39. The molecule has 3 heterocycles. The molecule has 0 unspecified atom stereocenters. The van der Waals surface area contributed by atoms with Crippen LogP contribution in [0.25, 0.3) is 0 Å². The van der Waals surface area contributed by atoms with Gasteiger partial charge in [-0.1, -0.05) is 0 Å². The lowest BCUT2D eigenvalue weighted by Crippen LogP contribution is -2.37. The van der Waals surface area contributed by atoms with Crippen molar-refractivity contribution >= 4 is 24.2 Å². The van der Waals surface area contributed by atoms with E-state index in [4.69, 9.17) is 4.74 Å². The van der Waals surface area contributed by atoms with E-state index in [2.05, 4.69) is 40.3 Å².